The fourth-order valence-electron chi connectivity index (χ4n) is 4.59. The number of halogens is 1. The fraction of sp³-hybridized carbons (Fsp3) is 0.308. The summed E-state index contributed by atoms with van der Waals surface area (Å²) in [4.78, 5) is 25.2. The van der Waals surface area contributed by atoms with Crippen molar-refractivity contribution >= 4 is 28.5 Å². The number of rotatable bonds is 4. The van der Waals surface area contributed by atoms with Crippen LogP contribution in [0.15, 0.2) is 54.7 Å². The number of pyridine rings is 2. The van der Waals surface area contributed by atoms with Gasteiger partial charge in [0.15, 0.2) is 11.5 Å². The van der Waals surface area contributed by atoms with E-state index >= 15 is 0 Å². The molecule has 6 rings (SSSR count). The van der Waals surface area contributed by atoms with Gasteiger partial charge in [0, 0.05) is 29.4 Å². The molecular weight excluding hydrogens is 450 g/mol. The second-order valence-corrected chi connectivity index (χ2v) is 9.35. The van der Waals surface area contributed by atoms with Crippen molar-refractivity contribution in [3.63, 3.8) is 0 Å². The van der Waals surface area contributed by atoms with Crippen LogP contribution in [0.1, 0.15) is 52.2 Å². The summed E-state index contributed by atoms with van der Waals surface area (Å²) in [5.41, 5.74) is 4.08. The number of benzene rings is 1. The lowest BCUT2D eigenvalue weighted by atomic mass is 10.0. The Labute approximate surface area is 202 Å². The standard InChI is InChI=1S/C26H24ClN5O2/c1-16-24-20(26(33)31-12-13-34-22(15-31)18-7-9-19(27)10-8-18)14-21(17-5-6-17)29-25(24)32(30-16)23-4-2-3-11-28-23/h2-4,7-11,14,17,22H,5-6,12-13,15H2,1H3. The molecule has 1 aliphatic heterocycles. The molecule has 1 unspecified atom stereocenters. The van der Waals surface area contributed by atoms with Gasteiger partial charge in [0.05, 0.1) is 29.8 Å². The number of amides is 1. The van der Waals surface area contributed by atoms with Crippen LogP contribution in [0.5, 0.6) is 0 Å². The predicted molar refractivity (Wildman–Crippen MR) is 129 cm³/mol. The van der Waals surface area contributed by atoms with Gasteiger partial charge in [-0.2, -0.15) is 9.78 Å². The molecule has 1 aliphatic carbocycles. The van der Waals surface area contributed by atoms with Gasteiger partial charge in [0.2, 0.25) is 0 Å². The molecule has 4 aromatic rings. The average molecular weight is 474 g/mol. The van der Waals surface area contributed by atoms with Gasteiger partial charge in [-0.3, -0.25) is 4.79 Å². The highest BCUT2D eigenvalue weighted by molar-refractivity contribution is 6.30. The number of morpholine rings is 1. The third-order valence-corrected chi connectivity index (χ3v) is 6.77. The molecule has 1 amide bonds. The number of nitrogens with zero attached hydrogens (tertiary/aromatic N) is 5. The molecule has 2 fully saturated rings. The largest absolute Gasteiger partial charge is 0.370 e. The first-order valence-electron chi connectivity index (χ1n) is 11.6. The van der Waals surface area contributed by atoms with Gasteiger partial charge in [-0.15, -0.1) is 0 Å². The molecule has 2 aliphatic rings. The fourth-order valence-corrected chi connectivity index (χ4v) is 4.71. The predicted octanol–water partition coefficient (Wildman–Crippen LogP) is 4.87. The highest BCUT2D eigenvalue weighted by atomic mass is 35.5. The van der Waals surface area contributed by atoms with Crippen molar-refractivity contribution in [1.82, 2.24) is 24.6 Å². The SMILES string of the molecule is Cc1nn(-c2ccccn2)c2nc(C3CC3)cc(C(=O)N3CCOC(c4ccc(Cl)cc4)C3)c12. The summed E-state index contributed by atoms with van der Waals surface area (Å²) < 4.78 is 7.74. The van der Waals surface area contributed by atoms with Crippen molar-refractivity contribution in [2.75, 3.05) is 19.7 Å². The monoisotopic (exact) mass is 473 g/mol. The van der Waals surface area contributed by atoms with Gasteiger partial charge in [0.1, 0.15) is 6.10 Å². The minimum Gasteiger partial charge on any atom is -0.370 e. The summed E-state index contributed by atoms with van der Waals surface area (Å²) in [6.45, 7) is 3.43. The third kappa shape index (κ3) is 3.85. The Morgan fingerprint density at radius 2 is 1.97 bits per heavy atom. The van der Waals surface area contributed by atoms with Gasteiger partial charge in [0.25, 0.3) is 5.91 Å². The van der Waals surface area contributed by atoms with Crippen LogP contribution in [-0.4, -0.2) is 50.3 Å². The lowest BCUT2D eigenvalue weighted by Crippen LogP contribution is -2.42. The van der Waals surface area contributed by atoms with Crippen molar-refractivity contribution in [2.45, 2.75) is 31.8 Å². The molecule has 0 N–H and O–H groups in total. The Balaban J connectivity index is 1.40. The van der Waals surface area contributed by atoms with E-state index in [9.17, 15) is 4.79 Å². The molecule has 7 nitrogen and oxygen atoms in total. The van der Waals surface area contributed by atoms with Crippen LogP contribution in [0.2, 0.25) is 5.02 Å². The average Bonchev–Trinajstić information content (AvgIpc) is 3.68. The molecule has 172 valence electrons. The quantitative estimate of drug-likeness (QED) is 0.423. The Hall–Kier alpha value is -3.29. The molecule has 1 saturated heterocycles. The molecule has 34 heavy (non-hydrogen) atoms. The number of carbonyl (C=O) groups excluding carboxylic acids is 1. The second kappa shape index (κ2) is 8.49. The summed E-state index contributed by atoms with van der Waals surface area (Å²) in [7, 11) is 0. The maximum absolute atomic E-state index is 13.9. The Kier molecular flexibility index (Phi) is 5.31. The normalized spacial score (nSPS) is 18.4. The van der Waals surface area contributed by atoms with Gasteiger partial charge < -0.3 is 9.64 Å². The summed E-state index contributed by atoms with van der Waals surface area (Å²) in [6.07, 6.45) is 3.74. The van der Waals surface area contributed by atoms with Crippen LogP contribution in [0.25, 0.3) is 16.9 Å². The number of hydrogen-bond acceptors (Lipinski definition) is 5. The van der Waals surface area contributed by atoms with Crippen molar-refractivity contribution in [3.8, 4) is 5.82 Å². The first kappa shape index (κ1) is 21.3. The van der Waals surface area contributed by atoms with E-state index in [0.29, 0.717) is 47.7 Å². The van der Waals surface area contributed by atoms with Crippen molar-refractivity contribution < 1.29 is 9.53 Å². The number of hydrogen-bond donors (Lipinski definition) is 0. The van der Waals surface area contributed by atoms with E-state index in [2.05, 4.69) is 4.98 Å². The van der Waals surface area contributed by atoms with Gasteiger partial charge in [-0.1, -0.05) is 29.8 Å². The molecule has 4 heterocycles. The number of ether oxygens (including phenoxy) is 1. The van der Waals surface area contributed by atoms with Crippen LogP contribution >= 0.6 is 11.6 Å². The van der Waals surface area contributed by atoms with Crippen molar-refractivity contribution in [1.29, 1.82) is 0 Å². The van der Waals surface area contributed by atoms with E-state index in [4.69, 9.17) is 26.4 Å². The molecule has 8 heteroatoms. The number of aryl methyl sites for hydroxylation is 1. The third-order valence-electron chi connectivity index (χ3n) is 6.52. The zero-order valence-corrected chi connectivity index (χ0v) is 19.6. The number of fused-ring (bicyclic) bond motifs is 1. The highest BCUT2D eigenvalue weighted by Gasteiger charge is 2.32. The Morgan fingerprint density at radius 3 is 2.71 bits per heavy atom. The van der Waals surface area contributed by atoms with Gasteiger partial charge in [-0.05, 0) is 55.7 Å². The summed E-state index contributed by atoms with van der Waals surface area (Å²) in [5, 5.41) is 6.19. The number of carbonyl (C=O) groups is 1. The van der Waals surface area contributed by atoms with Crippen molar-refractivity contribution in [2.24, 2.45) is 0 Å². The zero-order chi connectivity index (χ0) is 23.2. The van der Waals surface area contributed by atoms with E-state index in [1.807, 2.05) is 60.4 Å². The smallest absolute Gasteiger partial charge is 0.254 e. The van der Waals surface area contributed by atoms with Gasteiger partial charge in [-0.25, -0.2) is 9.97 Å². The van der Waals surface area contributed by atoms with E-state index < -0.39 is 0 Å². The van der Waals surface area contributed by atoms with E-state index in [1.54, 1.807) is 10.9 Å². The van der Waals surface area contributed by atoms with Crippen LogP contribution in [0, 0.1) is 6.92 Å². The molecule has 0 bridgehead atoms. The summed E-state index contributed by atoms with van der Waals surface area (Å²) in [5.74, 6) is 1.07. The maximum atomic E-state index is 13.9. The summed E-state index contributed by atoms with van der Waals surface area (Å²) >= 11 is 6.05. The highest BCUT2D eigenvalue weighted by Crippen LogP contribution is 2.41. The zero-order valence-electron chi connectivity index (χ0n) is 18.8. The molecule has 1 aromatic carbocycles. The molecule has 3 aromatic heterocycles. The topological polar surface area (TPSA) is 73.1 Å². The van der Waals surface area contributed by atoms with E-state index in [1.165, 1.54) is 0 Å². The van der Waals surface area contributed by atoms with E-state index in [0.717, 1.165) is 35.2 Å². The van der Waals surface area contributed by atoms with Crippen LogP contribution in [0.3, 0.4) is 0 Å². The molecule has 1 atom stereocenters. The minimum atomic E-state index is -0.187. The first-order chi connectivity index (χ1) is 16.6. The number of aromatic nitrogens is 4. The van der Waals surface area contributed by atoms with E-state index in [-0.39, 0.29) is 12.0 Å². The van der Waals surface area contributed by atoms with Crippen LogP contribution in [0.4, 0.5) is 0 Å². The van der Waals surface area contributed by atoms with Crippen LogP contribution in [-0.2, 0) is 4.74 Å². The van der Waals surface area contributed by atoms with Crippen LogP contribution < -0.4 is 0 Å². The molecule has 0 radical (unpaired) electrons. The minimum absolute atomic E-state index is 0.0137. The Bertz CT molecular complexity index is 1370. The lowest BCUT2D eigenvalue weighted by molar-refractivity contribution is -0.0227. The Morgan fingerprint density at radius 1 is 1.15 bits per heavy atom. The molecule has 1 saturated carbocycles. The van der Waals surface area contributed by atoms with Gasteiger partial charge >= 0.3 is 0 Å². The molecular formula is C26H24ClN5O2. The second-order valence-electron chi connectivity index (χ2n) is 8.91. The molecule has 0 spiro atoms. The summed E-state index contributed by atoms with van der Waals surface area (Å²) in [6, 6.07) is 15.3. The maximum Gasteiger partial charge on any atom is 0.254 e. The first-order valence-corrected chi connectivity index (χ1v) is 11.9. The van der Waals surface area contributed by atoms with Crippen molar-refractivity contribution in [3.05, 3.63) is 82.3 Å². The lowest BCUT2D eigenvalue weighted by Gasteiger charge is -2.33.